The van der Waals surface area contributed by atoms with Crippen LogP contribution in [0.25, 0.3) is 5.69 Å². The first-order chi connectivity index (χ1) is 12.8. The lowest BCUT2D eigenvalue weighted by molar-refractivity contribution is 0.0922. The Labute approximate surface area is 155 Å². The second-order valence-corrected chi connectivity index (χ2v) is 6.43. The normalized spacial score (nSPS) is 11.0. The van der Waals surface area contributed by atoms with Gasteiger partial charge in [-0.1, -0.05) is 5.92 Å². The molecule has 138 valence electrons. The van der Waals surface area contributed by atoms with Gasteiger partial charge in [0, 0.05) is 18.3 Å². The third kappa shape index (κ3) is 5.06. The molecule has 6 nitrogen and oxygen atoms in total. The van der Waals surface area contributed by atoms with E-state index < -0.39 is 5.60 Å². The van der Waals surface area contributed by atoms with E-state index in [1.807, 2.05) is 0 Å². The van der Waals surface area contributed by atoms with Gasteiger partial charge in [0.15, 0.2) is 11.5 Å². The number of hydrogen-bond acceptors (Lipinski definition) is 4. The van der Waals surface area contributed by atoms with Crippen LogP contribution in [0, 0.1) is 17.7 Å². The fourth-order valence-corrected chi connectivity index (χ4v) is 2.20. The van der Waals surface area contributed by atoms with E-state index in [-0.39, 0.29) is 24.0 Å². The van der Waals surface area contributed by atoms with Gasteiger partial charge in [0.1, 0.15) is 11.4 Å². The molecular formula is C20H18FN3O3. The first kappa shape index (κ1) is 18.4. The number of halogens is 1. The Balaban J connectivity index is 1.60. The van der Waals surface area contributed by atoms with E-state index >= 15 is 0 Å². The molecule has 2 aromatic heterocycles. The standard InChI is InChI=1S/C20H18FN3O3/c1-20(2,26)10-9-17-7-8-18(27-17)19(25)22-11-14-12-23-24(13-14)16-5-3-15(21)4-6-16/h3-8,12-13,26H,11H2,1-2H3,(H,22,25). The lowest BCUT2D eigenvalue weighted by Crippen LogP contribution is -2.22. The van der Waals surface area contributed by atoms with Gasteiger partial charge in [-0.2, -0.15) is 5.10 Å². The van der Waals surface area contributed by atoms with E-state index in [1.165, 1.54) is 18.2 Å². The molecule has 0 saturated heterocycles. The molecule has 0 aliphatic carbocycles. The molecule has 7 heteroatoms. The first-order valence-corrected chi connectivity index (χ1v) is 8.23. The quantitative estimate of drug-likeness (QED) is 0.695. The molecule has 0 saturated carbocycles. The summed E-state index contributed by atoms with van der Waals surface area (Å²) in [5.74, 6) is 5.01. The minimum Gasteiger partial charge on any atom is -0.443 e. The molecule has 27 heavy (non-hydrogen) atoms. The van der Waals surface area contributed by atoms with Crippen molar-refractivity contribution in [3.8, 4) is 17.5 Å². The van der Waals surface area contributed by atoms with Crippen LogP contribution in [0.2, 0.25) is 0 Å². The van der Waals surface area contributed by atoms with Crippen molar-refractivity contribution in [3.63, 3.8) is 0 Å². The summed E-state index contributed by atoms with van der Waals surface area (Å²) in [6.45, 7) is 3.37. The van der Waals surface area contributed by atoms with Crippen molar-refractivity contribution >= 4 is 5.91 Å². The highest BCUT2D eigenvalue weighted by Gasteiger charge is 2.12. The summed E-state index contributed by atoms with van der Waals surface area (Å²) in [6, 6.07) is 9.03. The minimum atomic E-state index is -1.14. The topological polar surface area (TPSA) is 80.3 Å². The predicted octanol–water partition coefficient (Wildman–Crippen LogP) is 2.66. The van der Waals surface area contributed by atoms with Crippen LogP contribution in [0.5, 0.6) is 0 Å². The van der Waals surface area contributed by atoms with E-state index in [9.17, 15) is 14.3 Å². The third-order valence-corrected chi connectivity index (χ3v) is 3.50. The van der Waals surface area contributed by atoms with Crippen LogP contribution < -0.4 is 5.32 Å². The molecule has 0 spiro atoms. The monoisotopic (exact) mass is 367 g/mol. The number of benzene rings is 1. The number of nitrogens with zero attached hydrogens (tertiary/aromatic N) is 2. The Morgan fingerprint density at radius 1 is 1.30 bits per heavy atom. The number of nitrogens with one attached hydrogen (secondary N) is 1. The summed E-state index contributed by atoms with van der Waals surface area (Å²) >= 11 is 0. The number of amides is 1. The van der Waals surface area contributed by atoms with Crippen LogP contribution in [-0.4, -0.2) is 26.4 Å². The second kappa shape index (κ2) is 7.48. The van der Waals surface area contributed by atoms with Crippen molar-refractivity contribution in [1.82, 2.24) is 15.1 Å². The molecule has 0 atom stereocenters. The lowest BCUT2D eigenvalue weighted by Gasteiger charge is -2.05. The Bertz CT molecular complexity index is 1000. The van der Waals surface area contributed by atoms with Gasteiger partial charge in [-0.05, 0) is 56.2 Å². The molecule has 0 aliphatic rings. The maximum atomic E-state index is 13.0. The fraction of sp³-hybridized carbons (Fsp3) is 0.200. The zero-order valence-corrected chi connectivity index (χ0v) is 14.9. The number of carbonyl (C=O) groups is 1. The second-order valence-electron chi connectivity index (χ2n) is 6.43. The van der Waals surface area contributed by atoms with Crippen LogP contribution >= 0.6 is 0 Å². The third-order valence-electron chi connectivity index (χ3n) is 3.50. The van der Waals surface area contributed by atoms with E-state index in [4.69, 9.17) is 4.42 Å². The van der Waals surface area contributed by atoms with Gasteiger partial charge in [0.05, 0.1) is 11.9 Å². The van der Waals surface area contributed by atoms with Gasteiger partial charge in [-0.3, -0.25) is 4.79 Å². The molecule has 3 rings (SSSR count). The highest BCUT2D eigenvalue weighted by molar-refractivity contribution is 5.91. The molecule has 0 radical (unpaired) electrons. The summed E-state index contributed by atoms with van der Waals surface area (Å²) in [7, 11) is 0. The number of rotatable bonds is 4. The van der Waals surface area contributed by atoms with Crippen molar-refractivity contribution < 1.29 is 18.7 Å². The van der Waals surface area contributed by atoms with Crippen LogP contribution in [0.1, 0.15) is 35.7 Å². The van der Waals surface area contributed by atoms with Gasteiger partial charge in [-0.25, -0.2) is 9.07 Å². The van der Waals surface area contributed by atoms with Crippen LogP contribution in [0.15, 0.2) is 53.2 Å². The van der Waals surface area contributed by atoms with Crippen molar-refractivity contribution in [2.75, 3.05) is 0 Å². The number of aromatic nitrogens is 2. The average Bonchev–Trinajstić information content (AvgIpc) is 3.28. The average molecular weight is 367 g/mol. The maximum Gasteiger partial charge on any atom is 0.287 e. The zero-order chi connectivity index (χ0) is 19.4. The molecule has 2 heterocycles. The molecule has 1 amide bonds. The summed E-state index contributed by atoms with van der Waals surface area (Å²) in [6.07, 6.45) is 3.36. The first-order valence-electron chi connectivity index (χ1n) is 8.23. The highest BCUT2D eigenvalue weighted by atomic mass is 19.1. The molecule has 0 fully saturated rings. The van der Waals surface area contributed by atoms with Gasteiger partial charge in [-0.15, -0.1) is 0 Å². The molecule has 0 aliphatic heterocycles. The summed E-state index contributed by atoms with van der Waals surface area (Å²) in [4.78, 5) is 12.2. The van der Waals surface area contributed by atoms with Crippen molar-refractivity contribution in [3.05, 3.63) is 71.7 Å². The molecule has 3 aromatic rings. The van der Waals surface area contributed by atoms with Crippen molar-refractivity contribution in [1.29, 1.82) is 0 Å². The van der Waals surface area contributed by atoms with Crippen LogP contribution in [-0.2, 0) is 6.54 Å². The van der Waals surface area contributed by atoms with Crippen LogP contribution in [0.4, 0.5) is 4.39 Å². The number of aliphatic hydroxyl groups is 1. The predicted molar refractivity (Wildman–Crippen MR) is 96.6 cm³/mol. The maximum absolute atomic E-state index is 13.0. The van der Waals surface area contributed by atoms with Crippen molar-refractivity contribution in [2.24, 2.45) is 0 Å². The van der Waals surface area contributed by atoms with E-state index in [1.54, 1.807) is 49.1 Å². The van der Waals surface area contributed by atoms with Crippen LogP contribution in [0.3, 0.4) is 0 Å². The molecule has 2 N–H and O–H groups in total. The van der Waals surface area contributed by atoms with E-state index in [0.29, 0.717) is 5.76 Å². The van der Waals surface area contributed by atoms with Gasteiger partial charge in [0.25, 0.3) is 5.91 Å². The van der Waals surface area contributed by atoms with E-state index in [2.05, 4.69) is 22.3 Å². The van der Waals surface area contributed by atoms with Gasteiger partial charge < -0.3 is 14.8 Å². The smallest absolute Gasteiger partial charge is 0.287 e. The molecule has 0 bridgehead atoms. The summed E-state index contributed by atoms with van der Waals surface area (Å²) in [5.41, 5.74) is 0.358. The Morgan fingerprint density at radius 2 is 2.04 bits per heavy atom. The minimum absolute atomic E-state index is 0.126. The Kier molecular flexibility index (Phi) is 5.10. The molecular weight excluding hydrogens is 349 g/mol. The number of furan rings is 1. The fourth-order valence-electron chi connectivity index (χ4n) is 2.20. The van der Waals surface area contributed by atoms with Gasteiger partial charge >= 0.3 is 0 Å². The SMILES string of the molecule is CC(C)(O)C#Cc1ccc(C(=O)NCc2cnn(-c3ccc(F)cc3)c2)o1. The largest absolute Gasteiger partial charge is 0.443 e. The lowest BCUT2D eigenvalue weighted by atomic mass is 10.1. The zero-order valence-electron chi connectivity index (χ0n) is 14.9. The summed E-state index contributed by atoms with van der Waals surface area (Å²) in [5, 5.41) is 16.5. The Hall–Kier alpha value is -3.37. The van der Waals surface area contributed by atoms with Gasteiger partial charge in [0.2, 0.25) is 0 Å². The molecule has 1 aromatic carbocycles. The highest BCUT2D eigenvalue weighted by Crippen LogP contribution is 2.11. The Morgan fingerprint density at radius 3 is 2.74 bits per heavy atom. The summed E-state index contributed by atoms with van der Waals surface area (Å²) < 4.78 is 19.9. The number of carbonyl (C=O) groups excluding carboxylic acids is 1. The molecule has 0 unspecified atom stereocenters. The van der Waals surface area contributed by atoms with E-state index in [0.717, 1.165) is 11.3 Å². The number of hydrogen-bond donors (Lipinski definition) is 2. The van der Waals surface area contributed by atoms with Crippen molar-refractivity contribution in [2.45, 2.75) is 26.0 Å².